The molecule has 0 atom stereocenters. The van der Waals surface area contributed by atoms with Crippen LogP contribution in [0.5, 0.6) is 0 Å². The third kappa shape index (κ3) is 4.83. The van der Waals surface area contributed by atoms with Gasteiger partial charge in [-0.25, -0.2) is 0 Å². The van der Waals surface area contributed by atoms with Crippen LogP contribution in [0.15, 0.2) is 73.5 Å². The smallest absolute Gasteiger partial charge is 0.250 e. The Morgan fingerprint density at radius 3 is 2.89 bits per heavy atom. The third-order valence-electron chi connectivity index (χ3n) is 2.47. The monoisotopic (exact) mass is 241 g/mol. The fraction of sp³-hybridized carbons (Fsp3) is 0.188. The van der Waals surface area contributed by atoms with E-state index in [9.17, 15) is 4.79 Å². The van der Waals surface area contributed by atoms with Crippen LogP contribution in [-0.2, 0) is 4.79 Å². The first-order chi connectivity index (χ1) is 8.75. The second kappa shape index (κ2) is 8.07. The molecule has 0 saturated carbocycles. The second-order valence-corrected chi connectivity index (χ2v) is 3.86. The molecule has 0 unspecified atom stereocenters. The number of amides is 1. The zero-order valence-electron chi connectivity index (χ0n) is 10.6. The molecule has 1 aliphatic rings. The molecule has 0 saturated heterocycles. The zero-order chi connectivity index (χ0) is 13.2. The van der Waals surface area contributed by atoms with Crippen LogP contribution in [0.25, 0.3) is 0 Å². The van der Waals surface area contributed by atoms with E-state index in [4.69, 9.17) is 0 Å². The highest BCUT2D eigenvalue weighted by atomic mass is 16.2. The Hall–Kier alpha value is -2.09. The van der Waals surface area contributed by atoms with Gasteiger partial charge in [0.1, 0.15) is 0 Å². The molecule has 0 radical (unpaired) electrons. The molecule has 0 spiro atoms. The van der Waals surface area contributed by atoms with Crippen LogP contribution in [0.4, 0.5) is 0 Å². The molecular formula is C16H19NO. The van der Waals surface area contributed by atoms with Gasteiger partial charge in [0.15, 0.2) is 0 Å². The lowest BCUT2D eigenvalue weighted by Crippen LogP contribution is -2.30. The van der Waals surface area contributed by atoms with E-state index in [0.717, 1.165) is 25.1 Å². The van der Waals surface area contributed by atoms with Gasteiger partial charge in [-0.3, -0.25) is 4.79 Å². The topological polar surface area (TPSA) is 20.3 Å². The first kappa shape index (κ1) is 14.0. The number of hydrogen-bond acceptors (Lipinski definition) is 1. The molecule has 0 N–H and O–H groups in total. The zero-order valence-corrected chi connectivity index (χ0v) is 10.6. The highest BCUT2D eigenvalue weighted by molar-refractivity contribution is 5.89. The van der Waals surface area contributed by atoms with Gasteiger partial charge in [0.25, 0.3) is 5.91 Å². The molecule has 0 aromatic rings. The second-order valence-electron chi connectivity index (χ2n) is 3.86. The van der Waals surface area contributed by atoms with E-state index in [0.29, 0.717) is 0 Å². The maximum Gasteiger partial charge on any atom is 0.250 e. The summed E-state index contributed by atoms with van der Waals surface area (Å²) in [6.07, 6.45) is 18.4. The van der Waals surface area contributed by atoms with Gasteiger partial charge in [-0.05, 0) is 25.0 Å². The van der Waals surface area contributed by atoms with Gasteiger partial charge >= 0.3 is 0 Å². The molecule has 0 bridgehead atoms. The van der Waals surface area contributed by atoms with E-state index in [1.807, 2.05) is 42.5 Å². The first-order valence-electron chi connectivity index (χ1n) is 6.03. The summed E-state index contributed by atoms with van der Waals surface area (Å²) < 4.78 is 0. The molecule has 0 fully saturated rings. The number of carbonyl (C=O) groups is 1. The van der Waals surface area contributed by atoms with E-state index in [1.54, 1.807) is 17.1 Å². The van der Waals surface area contributed by atoms with Gasteiger partial charge in [-0.1, -0.05) is 55.7 Å². The van der Waals surface area contributed by atoms with E-state index < -0.39 is 0 Å². The maximum atomic E-state index is 11.8. The predicted octanol–water partition coefficient (Wildman–Crippen LogP) is 3.53. The minimum Gasteiger partial charge on any atom is -0.309 e. The normalized spacial score (nSPS) is 16.2. The molecule has 94 valence electrons. The average Bonchev–Trinajstić information content (AvgIpc) is 2.38. The number of nitrogens with zero attached hydrogens (tertiary/aromatic N) is 1. The summed E-state index contributed by atoms with van der Waals surface area (Å²) in [5.74, 6) is -0.000571. The van der Waals surface area contributed by atoms with Crippen molar-refractivity contribution in [2.24, 2.45) is 0 Å². The standard InChI is InChI=1S/C16H19NO/c1-3-4-5-6-7-8-9-13-16(18)17-14-11-10-12-15(17)2/h3-7,9-10,12-13H,1-2,8,11,14H2/b5-4-,7-6-,13-9+. The lowest BCUT2D eigenvalue weighted by molar-refractivity contribution is -0.124. The fourth-order valence-electron chi connectivity index (χ4n) is 1.55. The molecule has 0 aliphatic carbocycles. The van der Waals surface area contributed by atoms with Gasteiger partial charge < -0.3 is 4.90 Å². The van der Waals surface area contributed by atoms with Crippen molar-refractivity contribution in [1.29, 1.82) is 0 Å². The summed E-state index contributed by atoms with van der Waals surface area (Å²) in [5, 5.41) is 0. The molecule has 1 rings (SSSR count). The Balaban J connectivity index is 2.38. The van der Waals surface area contributed by atoms with E-state index >= 15 is 0 Å². The van der Waals surface area contributed by atoms with Gasteiger partial charge in [0.05, 0.1) is 0 Å². The van der Waals surface area contributed by atoms with Crippen LogP contribution in [-0.4, -0.2) is 17.4 Å². The van der Waals surface area contributed by atoms with Crippen molar-refractivity contribution in [3.63, 3.8) is 0 Å². The van der Waals surface area contributed by atoms with Crippen molar-refractivity contribution in [2.75, 3.05) is 6.54 Å². The van der Waals surface area contributed by atoms with Gasteiger partial charge in [-0.15, -0.1) is 0 Å². The molecular weight excluding hydrogens is 222 g/mol. The third-order valence-corrected chi connectivity index (χ3v) is 2.47. The summed E-state index contributed by atoms with van der Waals surface area (Å²) in [6, 6.07) is 0. The van der Waals surface area contributed by atoms with E-state index in [-0.39, 0.29) is 5.91 Å². The molecule has 1 amide bonds. The van der Waals surface area contributed by atoms with Crippen LogP contribution in [0.3, 0.4) is 0 Å². The van der Waals surface area contributed by atoms with Crippen LogP contribution in [0.1, 0.15) is 12.8 Å². The molecule has 18 heavy (non-hydrogen) atoms. The largest absolute Gasteiger partial charge is 0.309 e. The van der Waals surface area contributed by atoms with E-state index in [2.05, 4.69) is 13.2 Å². The van der Waals surface area contributed by atoms with Crippen LogP contribution in [0, 0.1) is 0 Å². The maximum absolute atomic E-state index is 11.8. The summed E-state index contributed by atoms with van der Waals surface area (Å²) in [5.41, 5.74) is 0.764. The summed E-state index contributed by atoms with van der Waals surface area (Å²) in [6.45, 7) is 8.14. The molecule has 2 heteroatoms. The average molecular weight is 241 g/mol. The Bertz CT molecular complexity index is 424. The SMILES string of the molecule is C=C/C=C\C=C/C/C=C/C(=O)N1CCC=CC1=C. The van der Waals surface area contributed by atoms with Crippen molar-refractivity contribution >= 4 is 5.91 Å². The van der Waals surface area contributed by atoms with Crippen LogP contribution >= 0.6 is 0 Å². The Morgan fingerprint density at radius 1 is 1.33 bits per heavy atom. The fourth-order valence-corrected chi connectivity index (χ4v) is 1.55. The van der Waals surface area contributed by atoms with Crippen molar-refractivity contribution in [1.82, 2.24) is 4.90 Å². The number of carbonyl (C=O) groups excluding carboxylic acids is 1. The van der Waals surface area contributed by atoms with E-state index in [1.165, 1.54) is 0 Å². The highest BCUT2D eigenvalue weighted by Crippen LogP contribution is 2.12. The minimum atomic E-state index is -0.000571. The Labute approximate surface area is 109 Å². The molecule has 1 aliphatic heterocycles. The van der Waals surface area contributed by atoms with Crippen LogP contribution < -0.4 is 0 Å². The van der Waals surface area contributed by atoms with Crippen LogP contribution in [0.2, 0.25) is 0 Å². The summed E-state index contributed by atoms with van der Waals surface area (Å²) in [7, 11) is 0. The molecule has 0 aromatic carbocycles. The summed E-state index contributed by atoms with van der Waals surface area (Å²) >= 11 is 0. The summed E-state index contributed by atoms with van der Waals surface area (Å²) in [4.78, 5) is 13.5. The predicted molar refractivity (Wildman–Crippen MR) is 76.8 cm³/mol. The lowest BCUT2D eigenvalue weighted by Gasteiger charge is -2.23. The molecule has 0 aromatic heterocycles. The number of allylic oxidation sites excluding steroid dienone is 7. The van der Waals surface area contributed by atoms with Crippen molar-refractivity contribution in [3.05, 3.63) is 73.5 Å². The number of rotatable bonds is 5. The molecule has 1 heterocycles. The quantitative estimate of drug-likeness (QED) is 0.532. The lowest BCUT2D eigenvalue weighted by atomic mass is 10.2. The van der Waals surface area contributed by atoms with Gasteiger partial charge in [0.2, 0.25) is 0 Å². The highest BCUT2D eigenvalue weighted by Gasteiger charge is 2.13. The minimum absolute atomic E-state index is 0.000571. The number of hydrogen-bond donors (Lipinski definition) is 0. The van der Waals surface area contributed by atoms with Crippen molar-refractivity contribution in [3.8, 4) is 0 Å². The van der Waals surface area contributed by atoms with Gasteiger partial charge in [-0.2, -0.15) is 0 Å². The Morgan fingerprint density at radius 2 is 2.17 bits per heavy atom. The van der Waals surface area contributed by atoms with Crippen molar-refractivity contribution < 1.29 is 4.79 Å². The first-order valence-corrected chi connectivity index (χ1v) is 6.03. The van der Waals surface area contributed by atoms with Gasteiger partial charge in [0, 0.05) is 12.2 Å². The Kier molecular flexibility index (Phi) is 6.26. The molecule has 2 nitrogen and oxygen atoms in total. The van der Waals surface area contributed by atoms with Crippen molar-refractivity contribution in [2.45, 2.75) is 12.8 Å².